The minimum atomic E-state index is -0.492. The average Bonchev–Trinajstić information content (AvgIpc) is 3.27. The third kappa shape index (κ3) is 6.04. The molecule has 0 unspecified atom stereocenters. The number of rotatable bonds is 7. The lowest BCUT2D eigenvalue weighted by atomic mass is 10.1. The zero-order chi connectivity index (χ0) is 23.9. The van der Waals surface area contributed by atoms with E-state index in [2.05, 4.69) is 35.8 Å². The van der Waals surface area contributed by atoms with Gasteiger partial charge in [-0.1, -0.05) is 0 Å². The number of likely N-dealkylation sites (tertiary alicyclic amines) is 1. The van der Waals surface area contributed by atoms with Gasteiger partial charge < -0.3 is 15.4 Å². The highest BCUT2D eigenvalue weighted by atomic mass is 16.5. The molecule has 10 nitrogen and oxygen atoms in total. The number of nitrogens with one attached hydrogen (secondary N) is 3. The molecular formula is C24H27N7O3. The highest BCUT2D eigenvalue weighted by Crippen LogP contribution is 2.26. The van der Waals surface area contributed by atoms with Crippen LogP contribution in [0.15, 0.2) is 55.1 Å². The quantitative estimate of drug-likeness (QED) is 0.495. The normalized spacial score (nSPS) is 15.5. The lowest BCUT2D eigenvalue weighted by molar-refractivity contribution is 0.0937. The van der Waals surface area contributed by atoms with Crippen LogP contribution in [0.1, 0.15) is 28.0 Å². The van der Waals surface area contributed by atoms with E-state index in [0.29, 0.717) is 22.8 Å². The SMILES string of the molecule is COc1cc(C(=O)N[C@@H]2CCN(Cc3ccncc3)C2)ccc1NC(=O)Nc1cnc(C)cn1. The number of carbonyl (C=O) groups is 2. The molecule has 1 aliphatic rings. The molecule has 3 amide bonds. The zero-order valence-electron chi connectivity index (χ0n) is 19.1. The van der Waals surface area contributed by atoms with Gasteiger partial charge in [0.15, 0.2) is 5.82 Å². The number of ether oxygens (including phenoxy) is 1. The van der Waals surface area contributed by atoms with Gasteiger partial charge in [0, 0.05) is 43.6 Å². The van der Waals surface area contributed by atoms with Crippen molar-refractivity contribution >= 4 is 23.4 Å². The van der Waals surface area contributed by atoms with E-state index < -0.39 is 6.03 Å². The number of urea groups is 1. The maximum Gasteiger partial charge on any atom is 0.324 e. The minimum Gasteiger partial charge on any atom is -0.495 e. The Labute approximate surface area is 197 Å². The van der Waals surface area contributed by atoms with Crippen molar-refractivity contribution in [3.63, 3.8) is 0 Å². The van der Waals surface area contributed by atoms with E-state index >= 15 is 0 Å². The van der Waals surface area contributed by atoms with Gasteiger partial charge in [-0.3, -0.25) is 25.0 Å². The van der Waals surface area contributed by atoms with Crippen molar-refractivity contribution in [1.82, 2.24) is 25.2 Å². The van der Waals surface area contributed by atoms with E-state index in [4.69, 9.17) is 4.74 Å². The molecule has 10 heteroatoms. The molecular weight excluding hydrogens is 434 g/mol. The summed E-state index contributed by atoms with van der Waals surface area (Å²) in [7, 11) is 1.49. The summed E-state index contributed by atoms with van der Waals surface area (Å²) in [4.78, 5) is 39.7. The molecule has 0 bridgehead atoms. The number of anilines is 2. The van der Waals surface area contributed by atoms with Crippen LogP contribution < -0.4 is 20.7 Å². The zero-order valence-corrected chi connectivity index (χ0v) is 19.1. The molecule has 0 saturated carbocycles. The highest BCUT2D eigenvalue weighted by molar-refractivity contribution is 6.01. The Morgan fingerprint density at radius 3 is 2.68 bits per heavy atom. The summed E-state index contributed by atoms with van der Waals surface area (Å²) in [5.41, 5.74) is 2.84. The Hall–Kier alpha value is -4.05. The third-order valence-electron chi connectivity index (χ3n) is 5.50. The molecule has 1 fully saturated rings. The third-order valence-corrected chi connectivity index (χ3v) is 5.50. The van der Waals surface area contributed by atoms with E-state index in [9.17, 15) is 9.59 Å². The van der Waals surface area contributed by atoms with Crippen LogP contribution in [0.2, 0.25) is 0 Å². The second-order valence-electron chi connectivity index (χ2n) is 8.09. The number of benzene rings is 1. The molecule has 1 aromatic carbocycles. The van der Waals surface area contributed by atoms with Crippen LogP contribution in [0.3, 0.4) is 0 Å². The van der Waals surface area contributed by atoms with Gasteiger partial charge in [-0.15, -0.1) is 0 Å². The van der Waals surface area contributed by atoms with E-state index in [0.717, 1.165) is 31.7 Å². The first-order valence-corrected chi connectivity index (χ1v) is 11.0. The summed E-state index contributed by atoms with van der Waals surface area (Å²) in [6, 6.07) is 8.49. The summed E-state index contributed by atoms with van der Waals surface area (Å²) < 4.78 is 5.39. The molecule has 4 rings (SSSR count). The molecule has 3 N–H and O–H groups in total. The van der Waals surface area contributed by atoms with Crippen LogP contribution in [0, 0.1) is 6.92 Å². The maximum absolute atomic E-state index is 12.8. The average molecular weight is 462 g/mol. The van der Waals surface area contributed by atoms with Gasteiger partial charge in [-0.25, -0.2) is 9.78 Å². The van der Waals surface area contributed by atoms with Crippen LogP contribution in [0.25, 0.3) is 0 Å². The Balaban J connectivity index is 1.33. The minimum absolute atomic E-state index is 0.0690. The molecule has 0 spiro atoms. The van der Waals surface area contributed by atoms with Crippen molar-refractivity contribution in [2.45, 2.75) is 25.9 Å². The van der Waals surface area contributed by atoms with E-state index in [1.54, 1.807) is 36.8 Å². The van der Waals surface area contributed by atoms with Gasteiger partial charge in [0.05, 0.1) is 30.9 Å². The Morgan fingerprint density at radius 2 is 1.94 bits per heavy atom. The van der Waals surface area contributed by atoms with Crippen LogP contribution in [0.5, 0.6) is 5.75 Å². The smallest absolute Gasteiger partial charge is 0.324 e. The summed E-state index contributed by atoms with van der Waals surface area (Å²) in [5.74, 6) is 0.524. The van der Waals surface area contributed by atoms with Crippen LogP contribution in [-0.2, 0) is 6.54 Å². The predicted molar refractivity (Wildman–Crippen MR) is 128 cm³/mol. The van der Waals surface area contributed by atoms with Crippen molar-refractivity contribution < 1.29 is 14.3 Å². The summed E-state index contributed by atoms with van der Waals surface area (Å²) >= 11 is 0. The lowest BCUT2D eigenvalue weighted by Crippen LogP contribution is -2.37. The summed E-state index contributed by atoms with van der Waals surface area (Å²) in [6.07, 6.45) is 7.50. The Kier molecular flexibility index (Phi) is 7.28. The largest absolute Gasteiger partial charge is 0.495 e. The number of aromatic nitrogens is 3. The lowest BCUT2D eigenvalue weighted by Gasteiger charge is -2.17. The van der Waals surface area contributed by atoms with E-state index in [1.165, 1.54) is 18.9 Å². The van der Waals surface area contributed by atoms with Crippen molar-refractivity contribution in [1.29, 1.82) is 0 Å². The number of pyridine rings is 1. The Morgan fingerprint density at radius 1 is 1.12 bits per heavy atom. The first kappa shape index (κ1) is 23.1. The van der Waals surface area contributed by atoms with Gasteiger partial charge in [0.25, 0.3) is 5.91 Å². The molecule has 3 aromatic rings. The van der Waals surface area contributed by atoms with Crippen molar-refractivity contribution in [3.05, 3.63) is 71.9 Å². The number of hydrogen-bond acceptors (Lipinski definition) is 7. The van der Waals surface area contributed by atoms with Crippen molar-refractivity contribution in [2.75, 3.05) is 30.8 Å². The first-order chi connectivity index (χ1) is 16.5. The molecule has 1 atom stereocenters. The maximum atomic E-state index is 12.8. The number of nitrogens with zero attached hydrogens (tertiary/aromatic N) is 4. The molecule has 1 aliphatic heterocycles. The van der Waals surface area contributed by atoms with Crippen molar-refractivity contribution in [2.24, 2.45) is 0 Å². The topological polar surface area (TPSA) is 121 Å². The number of carbonyl (C=O) groups excluding carboxylic acids is 2. The Bertz CT molecular complexity index is 1140. The molecule has 176 valence electrons. The van der Waals surface area contributed by atoms with E-state index in [-0.39, 0.29) is 11.9 Å². The molecule has 0 radical (unpaired) electrons. The summed E-state index contributed by atoms with van der Waals surface area (Å²) in [5, 5.41) is 8.41. The van der Waals surface area contributed by atoms with E-state index in [1.807, 2.05) is 19.1 Å². The van der Waals surface area contributed by atoms with Crippen LogP contribution in [0.4, 0.5) is 16.3 Å². The second kappa shape index (κ2) is 10.7. The predicted octanol–water partition coefficient (Wildman–Crippen LogP) is 2.84. The fraction of sp³-hybridized carbons (Fsp3) is 0.292. The fourth-order valence-electron chi connectivity index (χ4n) is 3.77. The van der Waals surface area contributed by atoms with Crippen LogP contribution >= 0.6 is 0 Å². The molecule has 2 aromatic heterocycles. The van der Waals surface area contributed by atoms with Crippen LogP contribution in [-0.4, -0.2) is 58.0 Å². The molecule has 0 aliphatic carbocycles. The molecule has 34 heavy (non-hydrogen) atoms. The van der Waals surface area contributed by atoms with Gasteiger partial charge in [-0.05, 0) is 49.2 Å². The molecule has 3 heterocycles. The van der Waals surface area contributed by atoms with Crippen molar-refractivity contribution in [3.8, 4) is 5.75 Å². The van der Waals surface area contributed by atoms with Gasteiger partial charge >= 0.3 is 6.03 Å². The molecule has 1 saturated heterocycles. The summed E-state index contributed by atoms with van der Waals surface area (Å²) in [6.45, 7) is 4.34. The number of amides is 3. The van der Waals surface area contributed by atoms with Gasteiger partial charge in [0.1, 0.15) is 5.75 Å². The fourth-order valence-corrected chi connectivity index (χ4v) is 3.77. The second-order valence-corrected chi connectivity index (χ2v) is 8.09. The number of aryl methyl sites for hydroxylation is 1. The number of methoxy groups -OCH3 is 1. The highest BCUT2D eigenvalue weighted by Gasteiger charge is 2.24. The van der Waals surface area contributed by atoms with Gasteiger partial charge in [-0.2, -0.15) is 0 Å². The monoisotopic (exact) mass is 461 g/mol. The van der Waals surface area contributed by atoms with Gasteiger partial charge in [0.2, 0.25) is 0 Å². The standard InChI is InChI=1S/C24H27N7O3/c1-16-12-27-22(13-26-16)30-24(33)29-20-4-3-18(11-21(20)34-2)23(32)28-19-7-10-31(15-19)14-17-5-8-25-9-6-17/h3-6,8-9,11-13,19H,7,10,14-15H2,1-2H3,(H,28,32)(H2,27,29,30,33)/t19-/m1/s1. The number of hydrogen-bond donors (Lipinski definition) is 3. The first-order valence-electron chi connectivity index (χ1n) is 11.0.